The number of aromatic nitrogens is 5. The van der Waals surface area contributed by atoms with Crippen molar-refractivity contribution in [3.63, 3.8) is 0 Å². The number of nitrogens with zero attached hydrogens (tertiary/aromatic N) is 5. The Bertz CT molecular complexity index is 1240. The summed E-state index contributed by atoms with van der Waals surface area (Å²) < 4.78 is 32.5. The summed E-state index contributed by atoms with van der Waals surface area (Å²) in [5.41, 5.74) is 1.68. The number of alkyl halides is 2. The van der Waals surface area contributed by atoms with Gasteiger partial charge in [-0.3, -0.25) is 4.79 Å². The van der Waals surface area contributed by atoms with Crippen LogP contribution in [0.25, 0.3) is 11.4 Å². The molecule has 4 heterocycles. The SMILES string of the molecule is CC(=O)Nc1cc(Nc2cc(C)nc(C(C)(F)F)n2)c(-c2ncc3c(n2)C(=O)OC3)cn1. The second kappa shape index (κ2) is 7.87. The van der Waals surface area contributed by atoms with E-state index < -0.39 is 17.7 Å². The van der Waals surface area contributed by atoms with Gasteiger partial charge >= 0.3 is 11.9 Å². The third-order valence-corrected chi connectivity index (χ3v) is 4.38. The van der Waals surface area contributed by atoms with Gasteiger partial charge in [-0.2, -0.15) is 8.78 Å². The van der Waals surface area contributed by atoms with Crippen molar-refractivity contribution in [1.29, 1.82) is 0 Å². The molecule has 1 amide bonds. The number of hydrogen-bond acceptors (Lipinski definition) is 9. The number of rotatable bonds is 5. The molecule has 3 aromatic heterocycles. The number of pyridine rings is 1. The normalized spacial score (nSPS) is 12.8. The number of amides is 1. The summed E-state index contributed by atoms with van der Waals surface area (Å²) in [6.07, 6.45) is 2.86. The van der Waals surface area contributed by atoms with E-state index in [4.69, 9.17) is 4.74 Å². The zero-order chi connectivity index (χ0) is 23.0. The third kappa shape index (κ3) is 4.33. The molecule has 0 aromatic carbocycles. The Hall–Kier alpha value is -4.09. The molecule has 0 saturated carbocycles. The summed E-state index contributed by atoms with van der Waals surface area (Å²) in [4.78, 5) is 43.7. The van der Waals surface area contributed by atoms with E-state index in [2.05, 4.69) is 35.6 Å². The predicted molar refractivity (Wildman–Crippen MR) is 108 cm³/mol. The summed E-state index contributed by atoms with van der Waals surface area (Å²) in [5.74, 6) is -4.35. The second-order valence-corrected chi connectivity index (χ2v) is 7.17. The lowest BCUT2D eigenvalue weighted by Crippen LogP contribution is -2.15. The minimum atomic E-state index is -3.24. The van der Waals surface area contributed by atoms with Crippen LogP contribution in [0.4, 0.5) is 26.1 Å². The molecule has 1 aliphatic rings. The molecular formula is C20H17F2N7O3. The van der Waals surface area contributed by atoms with Gasteiger partial charge in [-0.15, -0.1) is 0 Å². The molecule has 4 rings (SSSR count). The van der Waals surface area contributed by atoms with Gasteiger partial charge in [-0.25, -0.2) is 29.7 Å². The van der Waals surface area contributed by atoms with E-state index in [1.165, 1.54) is 31.5 Å². The highest BCUT2D eigenvalue weighted by Gasteiger charge is 2.29. The van der Waals surface area contributed by atoms with Crippen LogP contribution in [0.5, 0.6) is 0 Å². The zero-order valence-corrected chi connectivity index (χ0v) is 17.2. The number of nitrogens with one attached hydrogen (secondary N) is 2. The first-order valence-electron chi connectivity index (χ1n) is 9.42. The minimum absolute atomic E-state index is 0.0908. The molecule has 0 saturated heterocycles. The lowest BCUT2D eigenvalue weighted by atomic mass is 10.2. The zero-order valence-electron chi connectivity index (χ0n) is 17.2. The molecule has 12 heteroatoms. The molecular weight excluding hydrogens is 424 g/mol. The molecule has 32 heavy (non-hydrogen) atoms. The maximum atomic E-state index is 13.8. The molecule has 3 aromatic rings. The average molecular weight is 441 g/mol. The number of anilines is 3. The Labute approximate surface area is 180 Å². The topological polar surface area (TPSA) is 132 Å². The lowest BCUT2D eigenvalue weighted by Gasteiger charge is -2.15. The van der Waals surface area contributed by atoms with Crippen LogP contribution >= 0.6 is 0 Å². The Morgan fingerprint density at radius 3 is 2.62 bits per heavy atom. The molecule has 0 unspecified atom stereocenters. The van der Waals surface area contributed by atoms with Crippen molar-refractivity contribution < 1.29 is 23.1 Å². The first kappa shape index (κ1) is 21.2. The van der Waals surface area contributed by atoms with Gasteiger partial charge in [0.2, 0.25) is 11.7 Å². The first-order chi connectivity index (χ1) is 15.1. The fourth-order valence-corrected chi connectivity index (χ4v) is 2.98. The van der Waals surface area contributed by atoms with Gasteiger partial charge in [0, 0.05) is 49.6 Å². The number of carbonyl (C=O) groups is 2. The van der Waals surface area contributed by atoms with E-state index in [-0.39, 0.29) is 35.7 Å². The van der Waals surface area contributed by atoms with Crippen molar-refractivity contribution in [3.05, 3.63) is 47.3 Å². The second-order valence-electron chi connectivity index (χ2n) is 7.17. The number of fused-ring (bicyclic) bond motifs is 1. The molecule has 1 aliphatic heterocycles. The van der Waals surface area contributed by atoms with Crippen molar-refractivity contribution in [1.82, 2.24) is 24.9 Å². The highest BCUT2D eigenvalue weighted by Crippen LogP contribution is 2.32. The molecule has 0 bridgehead atoms. The van der Waals surface area contributed by atoms with Gasteiger partial charge in [0.15, 0.2) is 11.5 Å². The first-order valence-corrected chi connectivity index (χ1v) is 9.42. The van der Waals surface area contributed by atoms with Crippen LogP contribution in [0.15, 0.2) is 24.5 Å². The molecule has 0 atom stereocenters. The minimum Gasteiger partial charge on any atom is -0.456 e. The molecule has 164 valence electrons. The van der Waals surface area contributed by atoms with Gasteiger partial charge in [0.25, 0.3) is 0 Å². The van der Waals surface area contributed by atoms with E-state index >= 15 is 0 Å². The summed E-state index contributed by atoms with van der Waals surface area (Å²) >= 11 is 0. The van der Waals surface area contributed by atoms with Gasteiger partial charge in [0.1, 0.15) is 18.2 Å². The summed E-state index contributed by atoms with van der Waals surface area (Å²) in [6, 6.07) is 2.96. The van der Waals surface area contributed by atoms with Crippen LogP contribution in [0.1, 0.15) is 41.4 Å². The number of esters is 1. The summed E-state index contributed by atoms with van der Waals surface area (Å²) in [5, 5.41) is 5.49. The van der Waals surface area contributed by atoms with Crippen molar-refractivity contribution in [2.24, 2.45) is 0 Å². The number of hydrogen-bond donors (Lipinski definition) is 2. The Balaban J connectivity index is 1.80. The standard InChI is InChI=1S/C20H17F2N7O3/c1-9-4-15(28-19(25-9)20(3,21)22)27-13-5-14(26-10(2)30)23-7-12(13)17-24-6-11-8-32-18(31)16(11)29-17/h4-7H,8H2,1-3H3,(H2,23,25,26,27,28,30). The van der Waals surface area contributed by atoms with Crippen LogP contribution in [0.2, 0.25) is 0 Å². The van der Waals surface area contributed by atoms with Crippen LogP contribution in [0, 0.1) is 6.92 Å². The van der Waals surface area contributed by atoms with E-state index in [0.717, 1.165) is 0 Å². The Morgan fingerprint density at radius 1 is 1.12 bits per heavy atom. The van der Waals surface area contributed by atoms with Crippen LogP contribution in [0.3, 0.4) is 0 Å². The number of ether oxygens (including phenoxy) is 1. The van der Waals surface area contributed by atoms with Gasteiger partial charge in [-0.1, -0.05) is 0 Å². The van der Waals surface area contributed by atoms with E-state index in [1.807, 2.05) is 0 Å². The molecule has 0 spiro atoms. The molecule has 0 fully saturated rings. The monoisotopic (exact) mass is 441 g/mol. The summed E-state index contributed by atoms with van der Waals surface area (Å²) in [7, 11) is 0. The van der Waals surface area contributed by atoms with Gasteiger partial charge in [0.05, 0.1) is 11.3 Å². The van der Waals surface area contributed by atoms with Crippen LogP contribution in [-0.4, -0.2) is 36.8 Å². The van der Waals surface area contributed by atoms with E-state index in [0.29, 0.717) is 29.4 Å². The highest BCUT2D eigenvalue weighted by molar-refractivity contribution is 5.92. The summed E-state index contributed by atoms with van der Waals surface area (Å²) in [6.45, 7) is 3.68. The number of aryl methyl sites for hydroxylation is 1. The molecule has 0 aliphatic carbocycles. The van der Waals surface area contributed by atoms with Crippen molar-refractivity contribution >= 4 is 29.2 Å². The predicted octanol–water partition coefficient (Wildman–Crippen LogP) is 3.12. The quantitative estimate of drug-likeness (QED) is 0.573. The third-order valence-electron chi connectivity index (χ3n) is 4.38. The van der Waals surface area contributed by atoms with E-state index in [1.54, 1.807) is 6.92 Å². The van der Waals surface area contributed by atoms with Crippen molar-refractivity contribution in [2.75, 3.05) is 10.6 Å². The largest absolute Gasteiger partial charge is 0.456 e. The molecule has 0 radical (unpaired) electrons. The average Bonchev–Trinajstić information content (AvgIpc) is 3.07. The van der Waals surface area contributed by atoms with Crippen LogP contribution < -0.4 is 10.6 Å². The van der Waals surface area contributed by atoms with Gasteiger partial charge < -0.3 is 15.4 Å². The van der Waals surface area contributed by atoms with Crippen molar-refractivity contribution in [2.45, 2.75) is 33.3 Å². The number of cyclic esters (lactones) is 1. The van der Waals surface area contributed by atoms with Gasteiger partial charge in [-0.05, 0) is 6.92 Å². The maximum absolute atomic E-state index is 13.8. The molecule has 10 nitrogen and oxygen atoms in total. The fraction of sp³-hybridized carbons (Fsp3) is 0.250. The Morgan fingerprint density at radius 2 is 1.91 bits per heavy atom. The smallest absolute Gasteiger partial charge is 0.357 e. The van der Waals surface area contributed by atoms with Crippen LogP contribution in [-0.2, 0) is 22.1 Å². The van der Waals surface area contributed by atoms with E-state index in [9.17, 15) is 18.4 Å². The highest BCUT2D eigenvalue weighted by atomic mass is 19.3. The lowest BCUT2D eigenvalue weighted by molar-refractivity contribution is -0.114. The number of halogens is 2. The van der Waals surface area contributed by atoms with Crippen molar-refractivity contribution in [3.8, 4) is 11.4 Å². The fourth-order valence-electron chi connectivity index (χ4n) is 2.98. The number of carbonyl (C=O) groups excluding carboxylic acids is 2. The molecule has 2 N–H and O–H groups in total. The Kier molecular flexibility index (Phi) is 5.20. The maximum Gasteiger partial charge on any atom is 0.357 e.